The van der Waals surface area contributed by atoms with Gasteiger partial charge in [-0.25, -0.2) is 0 Å². The van der Waals surface area contributed by atoms with Crippen molar-refractivity contribution in [3.63, 3.8) is 0 Å². The molecule has 3 atom stereocenters. The highest BCUT2D eigenvalue weighted by Crippen LogP contribution is 2.25. The van der Waals surface area contributed by atoms with E-state index >= 15 is 0 Å². The lowest BCUT2D eigenvalue weighted by Gasteiger charge is -2.26. The Morgan fingerprint density at radius 3 is 2.87 bits per heavy atom. The molecular weight excluding hydrogens is 296 g/mol. The van der Waals surface area contributed by atoms with E-state index < -0.39 is 6.29 Å². The van der Waals surface area contributed by atoms with Gasteiger partial charge >= 0.3 is 5.97 Å². The third kappa shape index (κ3) is 5.37. The lowest BCUT2D eigenvalue weighted by atomic mass is 9.96. The molecule has 0 aromatic heterocycles. The van der Waals surface area contributed by atoms with E-state index in [-0.39, 0.29) is 18.0 Å². The van der Waals surface area contributed by atoms with Gasteiger partial charge < -0.3 is 19.3 Å². The second-order valence-corrected chi connectivity index (χ2v) is 5.69. The van der Waals surface area contributed by atoms with Gasteiger partial charge in [0.15, 0.2) is 0 Å². The summed E-state index contributed by atoms with van der Waals surface area (Å²) in [6.07, 6.45) is 2.60. The number of aliphatic hydroxyl groups excluding tert-OH is 1. The average molecular weight is 320 g/mol. The maximum absolute atomic E-state index is 12.1. The van der Waals surface area contributed by atoms with Crippen LogP contribution in [-0.4, -0.2) is 30.4 Å². The van der Waals surface area contributed by atoms with Crippen molar-refractivity contribution in [3.8, 4) is 5.75 Å². The predicted octanol–water partition coefficient (Wildman–Crippen LogP) is 2.99. The first-order valence-corrected chi connectivity index (χ1v) is 7.94. The Bertz CT molecular complexity index is 511. The highest BCUT2D eigenvalue weighted by molar-refractivity contribution is 5.72. The Balaban J connectivity index is 1.85. The lowest BCUT2D eigenvalue weighted by Crippen LogP contribution is -2.30. The maximum atomic E-state index is 12.1. The Labute approximate surface area is 136 Å². The van der Waals surface area contributed by atoms with Crippen LogP contribution >= 0.6 is 0 Å². The van der Waals surface area contributed by atoms with E-state index in [4.69, 9.17) is 14.2 Å². The largest absolute Gasteiger partial charge is 0.493 e. The first-order valence-electron chi connectivity index (χ1n) is 7.94. The van der Waals surface area contributed by atoms with Crippen molar-refractivity contribution in [1.29, 1.82) is 0 Å². The number of aliphatic hydroxyl groups is 1. The molecule has 0 radical (unpaired) electrons. The van der Waals surface area contributed by atoms with E-state index in [0.717, 1.165) is 6.42 Å². The van der Waals surface area contributed by atoms with Crippen molar-refractivity contribution < 1.29 is 24.1 Å². The summed E-state index contributed by atoms with van der Waals surface area (Å²) in [7, 11) is 0. The van der Waals surface area contributed by atoms with Crippen LogP contribution in [0.15, 0.2) is 36.9 Å². The van der Waals surface area contributed by atoms with Crippen LogP contribution in [0.5, 0.6) is 5.75 Å². The van der Waals surface area contributed by atoms with Crippen molar-refractivity contribution >= 4 is 5.97 Å². The lowest BCUT2D eigenvalue weighted by molar-refractivity contribution is -0.178. The Morgan fingerprint density at radius 1 is 1.48 bits per heavy atom. The van der Waals surface area contributed by atoms with Crippen LogP contribution in [0.25, 0.3) is 0 Å². The number of ether oxygens (including phenoxy) is 3. The van der Waals surface area contributed by atoms with Crippen LogP contribution in [0.2, 0.25) is 0 Å². The van der Waals surface area contributed by atoms with Gasteiger partial charge in [0.05, 0.1) is 18.6 Å². The van der Waals surface area contributed by atoms with Crippen LogP contribution in [0.3, 0.4) is 0 Å². The maximum Gasteiger partial charge on any atom is 0.311 e. The summed E-state index contributed by atoms with van der Waals surface area (Å²) in [4.78, 5) is 12.1. The molecule has 5 nitrogen and oxygen atoms in total. The minimum Gasteiger partial charge on any atom is -0.493 e. The zero-order chi connectivity index (χ0) is 16.7. The molecule has 0 amide bonds. The number of hydrogen-bond acceptors (Lipinski definition) is 5. The summed E-state index contributed by atoms with van der Waals surface area (Å²) in [6, 6.07) is 6.86. The molecule has 5 heteroatoms. The first kappa shape index (κ1) is 17.5. The van der Waals surface area contributed by atoms with Gasteiger partial charge in [0.2, 0.25) is 6.29 Å². The topological polar surface area (TPSA) is 65.0 Å². The van der Waals surface area contributed by atoms with Crippen LogP contribution in [0.4, 0.5) is 0 Å². The quantitative estimate of drug-likeness (QED) is 0.362. The Morgan fingerprint density at radius 2 is 2.22 bits per heavy atom. The van der Waals surface area contributed by atoms with Gasteiger partial charge in [0.25, 0.3) is 0 Å². The smallest absolute Gasteiger partial charge is 0.311 e. The molecule has 126 valence electrons. The van der Waals surface area contributed by atoms with Crippen molar-refractivity contribution in [2.45, 2.75) is 38.6 Å². The van der Waals surface area contributed by atoms with Crippen LogP contribution in [0.1, 0.15) is 38.0 Å². The third-order valence-electron chi connectivity index (χ3n) is 3.80. The fraction of sp³-hybridized carbons (Fsp3) is 0.500. The second-order valence-electron chi connectivity index (χ2n) is 5.69. The molecule has 0 saturated carbocycles. The number of rotatable bonds is 7. The molecule has 2 rings (SSSR count). The molecule has 1 N–H and O–H groups in total. The predicted molar refractivity (Wildman–Crippen MR) is 85.9 cm³/mol. The average Bonchev–Trinajstić information content (AvgIpc) is 2.55. The Hall–Kier alpha value is -1.85. The van der Waals surface area contributed by atoms with E-state index in [1.165, 1.54) is 0 Å². The molecule has 1 saturated heterocycles. The highest BCUT2D eigenvalue weighted by atomic mass is 16.6. The number of carbonyl (C=O) groups excluding carboxylic acids is 1. The summed E-state index contributed by atoms with van der Waals surface area (Å²) in [5, 5.41) is 10.1. The summed E-state index contributed by atoms with van der Waals surface area (Å²) in [5.74, 6) is 0.112. The molecule has 0 aliphatic carbocycles. The van der Waals surface area contributed by atoms with E-state index in [1.54, 1.807) is 30.3 Å². The van der Waals surface area contributed by atoms with Gasteiger partial charge in [-0.05, 0) is 50.5 Å². The molecule has 0 spiro atoms. The summed E-state index contributed by atoms with van der Waals surface area (Å²) in [6.45, 7) is 6.67. The zero-order valence-electron chi connectivity index (χ0n) is 13.4. The summed E-state index contributed by atoms with van der Waals surface area (Å²) < 4.78 is 16.1. The number of carbonyl (C=O) groups is 1. The van der Waals surface area contributed by atoms with Crippen molar-refractivity contribution in [1.82, 2.24) is 0 Å². The van der Waals surface area contributed by atoms with E-state index in [9.17, 15) is 9.90 Å². The minimum atomic E-state index is -1.26. The molecule has 1 fully saturated rings. The second kappa shape index (κ2) is 8.70. The summed E-state index contributed by atoms with van der Waals surface area (Å²) >= 11 is 0. The monoisotopic (exact) mass is 320 g/mol. The molecule has 23 heavy (non-hydrogen) atoms. The standard InChI is InChI=1S/C18H24O5/c1-3-4-10-22-16-7-5-14(6-8-16)17(19)23-18(20)15-9-11-21-13(2)12-15/h3,5-8,13,15,17,19H,1,4,9-12H2,2H3. The van der Waals surface area contributed by atoms with Gasteiger partial charge in [0.1, 0.15) is 5.75 Å². The third-order valence-corrected chi connectivity index (χ3v) is 3.80. The van der Waals surface area contributed by atoms with E-state index in [1.807, 2.05) is 6.92 Å². The molecular formula is C18H24O5. The molecule has 1 aliphatic heterocycles. The number of esters is 1. The fourth-order valence-electron chi connectivity index (χ4n) is 2.48. The minimum absolute atomic E-state index is 0.0467. The van der Waals surface area contributed by atoms with Crippen LogP contribution in [0, 0.1) is 5.92 Å². The van der Waals surface area contributed by atoms with Crippen molar-refractivity contribution in [2.75, 3.05) is 13.2 Å². The molecule has 1 heterocycles. The number of hydrogen-bond donors (Lipinski definition) is 1. The summed E-state index contributed by atoms with van der Waals surface area (Å²) in [5.41, 5.74) is 0.523. The molecule has 0 bridgehead atoms. The van der Waals surface area contributed by atoms with Gasteiger partial charge in [-0.3, -0.25) is 4.79 Å². The van der Waals surface area contributed by atoms with Crippen molar-refractivity contribution in [2.24, 2.45) is 5.92 Å². The molecule has 3 unspecified atom stereocenters. The van der Waals surface area contributed by atoms with Crippen molar-refractivity contribution in [3.05, 3.63) is 42.5 Å². The zero-order valence-corrected chi connectivity index (χ0v) is 13.4. The van der Waals surface area contributed by atoms with Gasteiger partial charge in [-0.2, -0.15) is 0 Å². The normalized spacial score (nSPS) is 22.2. The Kier molecular flexibility index (Phi) is 6.62. The first-order chi connectivity index (χ1) is 11.1. The van der Waals surface area contributed by atoms with Gasteiger partial charge in [0, 0.05) is 12.2 Å². The van der Waals surface area contributed by atoms with Gasteiger partial charge in [-0.1, -0.05) is 6.08 Å². The highest BCUT2D eigenvalue weighted by Gasteiger charge is 2.28. The van der Waals surface area contributed by atoms with E-state index in [2.05, 4.69) is 6.58 Å². The van der Waals surface area contributed by atoms with E-state index in [0.29, 0.717) is 37.4 Å². The molecule has 1 aromatic carbocycles. The molecule has 1 aromatic rings. The van der Waals surface area contributed by atoms with Crippen LogP contribution in [-0.2, 0) is 14.3 Å². The van der Waals surface area contributed by atoms with Gasteiger partial charge in [-0.15, -0.1) is 6.58 Å². The number of benzene rings is 1. The molecule has 1 aliphatic rings. The SMILES string of the molecule is C=CCCOc1ccc(C(O)OC(=O)C2CCOC(C)C2)cc1. The fourth-order valence-corrected chi connectivity index (χ4v) is 2.48. The van der Waals surface area contributed by atoms with Crippen LogP contribution < -0.4 is 4.74 Å².